The molecule has 0 aliphatic heterocycles. The van der Waals surface area contributed by atoms with Gasteiger partial charge in [0.2, 0.25) is 0 Å². The van der Waals surface area contributed by atoms with Gasteiger partial charge in [0.25, 0.3) is 0 Å². The molecule has 0 heterocycles. The third-order valence-electron chi connectivity index (χ3n) is 4.22. The van der Waals surface area contributed by atoms with Crippen LogP contribution in [0.1, 0.15) is 96.8 Å². The lowest BCUT2D eigenvalue weighted by Gasteiger charge is -2.04. The Labute approximate surface area is 148 Å². The number of carbonyl (C=O) groups is 1. The molecule has 1 atom stereocenters. The lowest BCUT2D eigenvalue weighted by atomic mass is 10.1. The number of carboxylic acid groups (broad SMARTS) is 1. The molecule has 0 aliphatic rings. The first-order valence-corrected chi connectivity index (χ1v) is 9.86. The van der Waals surface area contributed by atoms with Gasteiger partial charge in [-0.1, -0.05) is 50.5 Å². The van der Waals surface area contributed by atoms with Gasteiger partial charge in [-0.3, -0.25) is 4.79 Å². The van der Waals surface area contributed by atoms with Crippen molar-refractivity contribution >= 4 is 5.97 Å². The third kappa shape index (κ3) is 19.0. The highest BCUT2D eigenvalue weighted by Gasteiger charge is 1.97. The molecule has 0 bridgehead atoms. The maximum atomic E-state index is 10.3. The number of aliphatic hydroxyl groups excluding tert-OH is 1. The molecule has 0 aliphatic carbocycles. The first-order valence-electron chi connectivity index (χ1n) is 9.86. The summed E-state index contributed by atoms with van der Waals surface area (Å²) in [4.78, 5) is 10.3. The maximum absolute atomic E-state index is 10.3. The topological polar surface area (TPSA) is 57.5 Å². The summed E-state index contributed by atoms with van der Waals surface area (Å²) in [5.41, 5.74) is 0. The summed E-state index contributed by atoms with van der Waals surface area (Å²) in [6.07, 6.45) is 23.4. The average Bonchev–Trinajstić information content (AvgIpc) is 2.57. The molecule has 0 aromatic rings. The van der Waals surface area contributed by atoms with Gasteiger partial charge in [-0.2, -0.15) is 0 Å². The Morgan fingerprint density at radius 3 is 1.75 bits per heavy atom. The fraction of sp³-hybridized carbons (Fsp3) is 0.762. The van der Waals surface area contributed by atoms with Gasteiger partial charge in [-0.05, 0) is 64.2 Å². The highest BCUT2D eigenvalue weighted by atomic mass is 16.4. The van der Waals surface area contributed by atoms with Crippen molar-refractivity contribution in [1.29, 1.82) is 0 Å². The normalized spacial score (nSPS) is 13.1. The van der Waals surface area contributed by atoms with E-state index in [0.29, 0.717) is 0 Å². The van der Waals surface area contributed by atoms with E-state index in [1.165, 1.54) is 38.5 Å². The number of aliphatic carboxylic acids is 1. The summed E-state index contributed by atoms with van der Waals surface area (Å²) in [5, 5.41) is 18.0. The molecule has 0 unspecified atom stereocenters. The number of hydrogen-bond acceptors (Lipinski definition) is 2. The molecule has 0 saturated heterocycles. The number of hydrogen-bond donors (Lipinski definition) is 2. The zero-order chi connectivity index (χ0) is 17.9. The molecular formula is C21H38O3. The number of allylic oxidation sites excluding steroid dienone is 4. The van der Waals surface area contributed by atoms with Crippen molar-refractivity contribution in [3.05, 3.63) is 24.3 Å². The molecular weight excluding hydrogens is 300 g/mol. The van der Waals surface area contributed by atoms with Gasteiger partial charge in [0, 0.05) is 6.42 Å². The first kappa shape index (κ1) is 22.9. The van der Waals surface area contributed by atoms with Gasteiger partial charge < -0.3 is 10.2 Å². The summed E-state index contributed by atoms with van der Waals surface area (Å²) in [6.45, 7) is 2.03. The van der Waals surface area contributed by atoms with E-state index in [1.807, 2.05) is 6.92 Å². The van der Waals surface area contributed by atoms with E-state index in [2.05, 4.69) is 24.3 Å². The standard InChI is InChI=1S/C21H38O3/c1-2-20(22)18-16-14-12-10-8-6-4-3-5-7-9-11-13-15-17-19-21(23)24/h10-13,20,22H,2-9,14-19H2,1H3,(H,23,24)/b12-10-,13-11-/t20-/m1/s1. The maximum Gasteiger partial charge on any atom is 0.303 e. The monoisotopic (exact) mass is 338 g/mol. The smallest absolute Gasteiger partial charge is 0.303 e. The second-order valence-corrected chi connectivity index (χ2v) is 6.57. The van der Waals surface area contributed by atoms with Crippen LogP contribution < -0.4 is 0 Å². The second-order valence-electron chi connectivity index (χ2n) is 6.57. The predicted octanol–water partition coefficient (Wildman–Crippen LogP) is 6.03. The largest absolute Gasteiger partial charge is 0.481 e. The van der Waals surface area contributed by atoms with Crippen LogP contribution in [0.2, 0.25) is 0 Å². The number of carboxylic acids is 1. The molecule has 3 heteroatoms. The van der Waals surface area contributed by atoms with E-state index in [9.17, 15) is 9.90 Å². The zero-order valence-corrected chi connectivity index (χ0v) is 15.6. The van der Waals surface area contributed by atoms with Crippen LogP contribution in [0.5, 0.6) is 0 Å². The Morgan fingerprint density at radius 2 is 1.25 bits per heavy atom. The first-order chi connectivity index (χ1) is 11.7. The summed E-state index contributed by atoms with van der Waals surface area (Å²) >= 11 is 0. The molecule has 0 radical (unpaired) electrons. The Morgan fingerprint density at radius 1 is 0.792 bits per heavy atom. The van der Waals surface area contributed by atoms with Gasteiger partial charge >= 0.3 is 5.97 Å². The van der Waals surface area contributed by atoms with Crippen LogP contribution in [0, 0.1) is 0 Å². The number of unbranched alkanes of at least 4 members (excludes halogenated alkanes) is 8. The highest BCUT2D eigenvalue weighted by Crippen LogP contribution is 2.09. The fourth-order valence-corrected chi connectivity index (χ4v) is 2.57. The molecule has 140 valence electrons. The minimum absolute atomic E-state index is 0.113. The summed E-state index contributed by atoms with van der Waals surface area (Å²) < 4.78 is 0. The molecule has 0 aromatic heterocycles. The van der Waals surface area contributed by atoms with E-state index in [1.54, 1.807) is 0 Å². The molecule has 2 N–H and O–H groups in total. The SMILES string of the molecule is CC[C@@H](O)CCC/C=C\CCCCCCC/C=C\CCCC(=O)O. The fourth-order valence-electron chi connectivity index (χ4n) is 2.57. The van der Waals surface area contributed by atoms with Crippen LogP contribution in [-0.4, -0.2) is 22.3 Å². The third-order valence-corrected chi connectivity index (χ3v) is 4.22. The van der Waals surface area contributed by atoms with E-state index in [0.717, 1.165) is 44.9 Å². The Kier molecular flexibility index (Phi) is 17.4. The minimum Gasteiger partial charge on any atom is -0.481 e. The lowest BCUT2D eigenvalue weighted by molar-refractivity contribution is -0.137. The number of aliphatic hydroxyl groups is 1. The molecule has 0 spiro atoms. The Hall–Kier alpha value is -1.09. The predicted molar refractivity (Wildman–Crippen MR) is 102 cm³/mol. The van der Waals surface area contributed by atoms with Crippen LogP contribution in [-0.2, 0) is 4.79 Å². The Bertz CT molecular complexity index is 334. The molecule has 0 aromatic carbocycles. The van der Waals surface area contributed by atoms with Crippen molar-refractivity contribution < 1.29 is 15.0 Å². The van der Waals surface area contributed by atoms with Crippen molar-refractivity contribution in [2.75, 3.05) is 0 Å². The zero-order valence-electron chi connectivity index (χ0n) is 15.6. The van der Waals surface area contributed by atoms with E-state index < -0.39 is 5.97 Å². The molecule has 0 amide bonds. The lowest BCUT2D eigenvalue weighted by Crippen LogP contribution is -2.02. The molecule has 0 rings (SSSR count). The van der Waals surface area contributed by atoms with E-state index in [4.69, 9.17) is 5.11 Å². The van der Waals surface area contributed by atoms with E-state index >= 15 is 0 Å². The van der Waals surface area contributed by atoms with Crippen molar-refractivity contribution in [2.45, 2.75) is 103 Å². The van der Waals surface area contributed by atoms with Crippen LogP contribution in [0.25, 0.3) is 0 Å². The van der Waals surface area contributed by atoms with Gasteiger partial charge in [-0.15, -0.1) is 0 Å². The van der Waals surface area contributed by atoms with Crippen molar-refractivity contribution in [2.24, 2.45) is 0 Å². The average molecular weight is 339 g/mol. The molecule has 24 heavy (non-hydrogen) atoms. The van der Waals surface area contributed by atoms with Gasteiger partial charge in [0.1, 0.15) is 0 Å². The van der Waals surface area contributed by atoms with Crippen molar-refractivity contribution in [1.82, 2.24) is 0 Å². The summed E-state index contributed by atoms with van der Waals surface area (Å²) in [7, 11) is 0. The van der Waals surface area contributed by atoms with E-state index in [-0.39, 0.29) is 12.5 Å². The van der Waals surface area contributed by atoms with Crippen LogP contribution in [0.4, 0.5) is 0 Å². The van der Waals surface area contributed by atoms with Gasteiger partial charge in [0.05, 0.1) is 6.10 Å². The molecule has 0 saturated carbocycles. The molecule has 3 nitrogen and oxygen atoms in total. The van der Waals surface area contributed by atoms with Crippen molar-refractivity contribution in [3.8, 4) is 0 Å². The van der Waals surface area contributed by atoms with Gasteiger partial charge in [0.15, 0.2) is 0 Å². The Balaban J connectivity index is 3.19. The van der Waals surface area contributed by atoms with Crippen LogP contribution >= 0.6 is 0 Å². The quantitative estimate of drug-likeness (QED) is 0.252. The van der Waals surface area contributed by atoms with Crippen LogP contribution in [0.15, 0.2) is 24.3 Å². The van der Waals surface area contributed by atoms with Gasteiger partial charge in [-0.25, -0.2) is 0 Å². The second kappa shape index (κ2) is 18.3. The van der Waals surface area contributed by atoms with Crippen molar-refractivity contribution in [3.63, 3.8) is 0 Å². The number of rotatable bonds is 17. The van der Waals surface area contributed by atoms with Crippen LogP contribution in [0.3, 0.4) is 0 Å². The molecule has 0 fully saturated rings. The summed E-state index contributed by atoms with van der Waals surface area (Å²) in [6, 6.07) is 0. The summed E-state index contributed by atoms with van der Waals surface area (Å²) in [5.74, 6) is -0.700. The highest BCUT2D eigenvalue weighted by molar-refractivity contribution is 5.66. The minimum atomic E-state index is -0.700.